The number of pyridine rings is 1. The first-order chi connectivity index (χ1) is 15.5. The molecule has 1 amide bonds. The summed E-state index contributed by atoms with van der Waals surface area (Å²) in [5, 5.41) is 23.0. The molecular weight excluding hydrogens is 420 g/mol. The zero-order chi connectivity index (χ0) is 23.1. The number of anilines is 2. The van der Waals surface area contributed by atoms with Crippen molar-refractivity contribution in [1.82, 2.24) is 4.98 Å². The van der Waals surface area contributed by atoms with Gasteiger partial charge in [-0.1, -0.05) is 25.6 Å². The van der Waals surface area contributed by atoms with E-state index in [-0.39, 0.29) is 11.9 Å². The van der Waals surface area contributed by atoms with Crippen molar-refractivity contribution in [2.45, 2.75) is 43.0 Å². The number of amides is 1. The summed E-state index contributed by atoms with van der Waals surface area (Å²) in [6.45, 7) is 6.90. The molecule has 2 aromatic rings. The van der Waals surface area contributed by atoms with Crippen molar-refractivity contribution in [2.24, 2.45) is 5.73 Å². The van der Waals surface area contributed by atoms with Crippen molar-refractivity contribution in [2.75, 3.05) is 23.3 Å². The Labute approximate surface area is 192 Å². The molecule has 1 aliphatic heterocycles. The topological polar surface area (TPSA) is 119 Å². The zero-order valence-electron chi connectivity index (χ0n) is 18.1. The van der Waals surface area contributed by atoms with E-state index in [2.05, 4.69) is 28.9 Å². The van der Waals surface area contributed by atoms with Gasteiger partial charge < -0.3 is 16.0 Å². The van der Waals surface area contributed by atoms with Crippen LogP contribution in [0.25, 0.3) is 0 Å². The van der Waals surface area contributed by atoms with Gasteiger partial charge in [0.2, 0.25) is 5.91 Å². The first kappa shape index (κ1) is 23.3. The second-order valence-corrected chi connectivity index (χ2v) is 8.51. The summed E-state index contributed by atoms with van der Waals surface area (Å²) >= 11 is 1.48. The largest absolute Gasteiger partial charge is 0.355 e. The van der Waals surface area contributed by atoms with E-state index in [0.717, 1.165) is 37.1 Å². The van der Waals surface area contributed by atoms with Crippen molar-refractivity contribution in [1.29, 1.82) is 10.5 Å². The fraction of sp³-hybridized carbons (Fsp3) is 0.333. The van der Waals surface area contributed by atoms with Gasteiger partial charge in [0.25, 0.3) is 0 Å². The van der Waals surface area contributed by atoms with E-state index in [1.54, 1.807) is 0 Å². The Kier molecular flexibility index (Phi) is 7.88. The highest BCUT2D eigenvalue weighted by atomic mass is 32.2. The maximum atomic E-state index is 11.4. The van der Waals surface area contributed by atoms with Gasteiger partial charge >= 0.3 is 0 Å². The normalized spacial score (nSPS) is 13.8. The van der Waals surface area contributed by atoms with Gasteiger partial charge in [-0.15, -0.1) is 11.8 Å². The molecule has 3 N–H and O–H groups in total. The van der Waals surface area contributed by atoms with Gasteiger partial charge in [0.15, 0.2) is 0 Å². The van der Waals surface area contributed by atoms with Crippen LogP contribution in [0, 0.1) is 22.7 Å². The van der Waals surface area contributed by atoms with Crippen LogP contribution >= 0.6 is 11.8 Å². The lowest BCUT2D eigenvalue weighted by Gasteiger charge is -2.32. The van der Waals surface area contributed by atoms with E-state index >= 15 is 0 Å². The number of benzene rings is 1. The predicted octanol–water partition coefficient (Wildman–Crippen LogP) is 3.73. The molecule has 0 bridgehead atoms. The average Bonchev–Trinajstić information content (AvgIpc) is 2.82. The van der Waals surface area contributed by atoms with Crippen LogP contribution in [0.2, 0.25) is 0 Å². The number of hydrogen-bond donors (Lipinski definition) is 2. The van der Waals surface area contributed by atoms with Crippen molar-refractivity contribution in [3.63, 3.8) is 0 Å². The van der Waals surface area contributed by atoms with Crippen molar-refractivity contribution in [3.05, 3.63) is 59.2 Å². The molecular formula is C24H26N6OS. The highest BCUT2D eigenvalue weighted by Crippen LogP contribution is 2.34. The standard InChI is InChI=1S/C24H26N6OS/c1-3-19-20(13-25)23(30-11-9-17(27)10-12-30)29-24(21(19)14-26)32-15-16-5-7-18(8-6-16)28-22(31)4-2/h4-8,17H,2-3,9-12,15,27H2,1H3,(H,28,31). The molecule has 0 spiro atoms. The Bertz CT molecular complexity index is 1080. The third-order valence-corrected chi connectivity index (χ3v) is 6.49. The van der Waals surface area contributed by atoms with Crippen molar-refractivity contribution in [3.8, 4) is 12.1 Å². The second-order valence-electron chi connectivity index (χ2n) is 7.55. The molecule has 0 saturated carbocycles. The second kappa shape index (κ2) is 10.8. The highest BCUT2D eigenvalue weighted by molar-refractivity contribution is 7.98. The number of nitrogens with zero attached hydrogens (tertiary/aromatic N) is 4. The molecule has 1 saturated heterocycles. The van der Waals surface area contributed by atoms with Crippen LogP contribution in [0.3, 0.4) is 0 Å². The third-order valence-electron chi connectivity index (χ3n) is 5.45. The van der Waals surface area contributed by atoms with Gasteiger partial charge in [0.05, 0.1) is 11.1 Å². The summed E-state index contributed by atoms with van der Waals surface area (Å²) in [5.74, 6) is 1.00. The third kappa shape index (κ3) is 5.28. The molecule has 1 aromatic carbocycles. The van der Waals surface area contributed by atoms with Gasteiger partial charge in [-0.2, -0.15) is 10.5 Å². The van der Waals surface area contributed by atoms with E-state index in [9.17, 15) is 15.3 Å². The van der Waals surface area contributed by atoms with Gasteiger partial charge in [-0.25, -0.2) is 4.98 Å². The molecule has 0 radical (unpaired) electrons. The number of piperidine rings is 1. The van der Waals surface area contributed by atoms with Crippen LogP contribution in [0.1, 0.15) is 42.0 Å². The fourth-order valence-electron chi connectivity index (χ4n) is 3.66. The number of nitrogens with two attached hydrogens (primary N) is 1. The number of rotatable bonds is 7. The maximum Gasteiger partial charge on any atom is 0.247 e. The summed E-state index contributed by atoms with van der Waals surface area (Å²) in [4.78, 5) is 18.3. The predicted molar refractivity (Wildman–Crippen MR) is 127 cm³/mol. The minimum Gasteiger partial charge on any atom is -0.355 e. The SMILES string of the molecule is C=CC(=O)Nc1ccc(CSc2nc(N3CCC(N)CC3)c(C#N)c(CC)c2C#N)cc1. The van der Waals surface area contributed by atoms with Crippen LogP contribution < -0.4 is 16.0 Å². The molecule has 32 heavy (non-hydrogen) atoms. The van der Waals surface area contributed by atoms with Gasteiger partial charge in [-0.3, -0.25) is 4.79 Å². The Morgan fingerprint density at radius 1 is 1.28 bits per heavy atom. The molecule has 164 valence electrons. The number of nitrogens with one attached hydrogen (secondary N) is 1. The number of carbonyl (C=O) groups excluding carboxylic acids is 1. The average molecular weight is 447 g/mol. The van der Waals surface area contributed by atoms with Gasteiger partial charge in [0.1, 0.15) is 23.0 Å². The number of carbonyl (C=O) groups is 1. The summed E-state index contributed by atoms with van der Waals surface area (Å²) in [5.41, 5.74) is 9.49. The van der Waals surface area contributed by atoms with Crippen molar-refractivity contribution >= 4 is 29.2 Å². The summed E-state index contributed by atoms with van der Waals surface area (Å²) < 4.78 is 0. The molecule has 0 unspecified atom stereocenters. The summed E-state index contributed by atoms with van der Waals surface area (Å²) in [6.07, 6.45) is 3.51. The minimum atomic E-state index is -0.258. The highest BCUT2D eigenvalue weighted by Gasteiger charge is 2.25. The molecule has 0 atom stereocenters. The quantitative estimate of drug-likeness (QED) is 0.491. The molecule has 1 aromatic heterocycles. The number of aromatic nitrogens is 1. The minimum absolute atomic E-state index is 0.175. The van der Waals surface area contributed by atoms with Crippen LogP contribution in [-0.2, 0) is 17.0 Å². The maximum absolute atomic E-state index is 11.4. The monoisotopic (exact) mass is 446 g/mol. The van der Waals surface area contributed by atoms with Crippen LogP contribution in [0.5, 0.6) is 0 Å². The van der Waals surface area contributed by atoms with Crippen LogP contribution in [-0.4, -0.2) is 30.0 Å². The molecule has 8 heteroatoms. The van der Waals surface area contributed by atoms with E-state index in [4.69, 9.17) is 10.7 Å². The fourth-order valence-corrected chi connectivity index (χ4v) is 4.62. The van der Waals surface area contributed by atoms with Gasteiger partial charge in [-0.05, 0) is 48.6 Å². The number of thioether (sulfide) groups is 1. The molecule has 1 aliphatic rings. The molecule has 0 aliphatic carbocycles. The Morgan fingerprint density at radius 3 is 2.50 bits per heavy atom. The van der Waals surface area contributed by atoms with E-state index in [1.807, 2.05) is 31.2 Å². The molecule has 3 rings (SSSR count). The van der Waals surface area contributed by atoms with Crippen molar-refractivity contribution < 1.29 is 4.79 Å². The van der Waals surface area contributed by atoms with Gasteiger partial charge in [0, 0.05) is 30.6 Å². The lowest BCUT2D eigenvalue weighted by molar-refractivity contribution is -0.111. The summed E-state index contributed by atoms with van der Waals surface area (Å²) in [6, 6.07) is 12.2. The van der Waals surface area contributed by atoms with E-state index in [0.29, 0.717) is 39.8 Å². The molecule has 2 heterocycles. The zero-order valence-corrected chi connectivity index (χ0v) is 18.9. The van der Waals surface area contributed by atoms with Crippen LogP contribution in [0.15, 0.2) is 41.9 Å². The lowest BCUT2D eigenvalue weighted by Crippen LogP contribution is -2.40. The number of nitriles is 2. The van der Waals surface area contributed by atoms with E-state index in [1.165, 1.54) is 17.8 Å². The van der Waals surface area contributed by atoms with Crippen LogP contribution in [0.4, 0.5) is 11.5 Å². The lowest BCUT2D eigenvalue weighted by atomic mass is 10.00. The Balaban J connectivity index is 1.87. The Hall–Kier alpha value is -3.33. The Morgan fingerprint density at radius 2 is 1.94 bits per heavy atom. The smallest absolute Gasteiger partial charge is 0.247 e. The molecule has 1 fully saturated rings. The first-order valence-corrected chi connectivity index (χ1v) is 11.5. The molecule has 7 nitrogen and oxygen atoms in total. The number of hydrogen-bond acceptors (Lipinski definition) is 7. The first-order valence-electron chi connectivity index (χ1n) is 10.5. The summed E-state index contributed by atoms with van der Waals surface area (Å²) in [7, 11) is 0. The van der Waals surface area contributed by atoms with E-state index < -0.39 is 0 Å².